The van der Waals surface area contributed by atoms with Crippen molar-refractivity contribution in [1.29, 1.82) is 0 Å². The van der Waals surface area contributed by atoms with Crippen molar-refractivity contribution in [3.63, 3.8) is 0 Å². The fourth-order valence-corrected chi connectivity index (χ4v) is 6.35. The summed E-state index contributed by atoms with van der Waals surface area (Å²) < 4.78 is 24.8. The van der Waals surface area contributed by atoms with Crippen LogP contribution in [0, 0.1) is 17.8 Å². The molecule has 0 heterocycles. The third kappa shape index (κ3) is 4.55. The third-order valence-electron chi connectivity index (χ3n) is 3.98. The molecule has 3 unspecified atom stereocenters. The molecule has 0 radical (unpaired) electrons. The molecule has 1 aliphatic carbocycles. The molecule has 1 fully saturated rings. The van der Waals surface area contributed by atoms with Gasteiger partial charge in [-0.1, -0.05) is 49.5 Å². The van der Waals surface area contributed by atoms with Gasteiger partial charge in [-0.25, -0.2) is 8.42 Å². The standard InChI is InChI=1S/C13H25BrO2S/c1-10(2)12(8-14)9-17(15,16)13-6-4-5-11(3)7-13/h10-13H,4-9H2,1-3H3. The van der Waals surface area contributed by atoms with Gasteiger partial charge in [0.05, 0.1) is 11.0 Å². The molecule has 0 saturated heterocycles. The summed E-state index contributed by atoms with van der Waals surface area (Å²) in [5.74, 6) is 1.60. The second-order valence-corrected chi connectivity index (χ2v) is 8.85. The molecule has 0 amide bonds. The van der Waals surface area contributed by atoms with E-state index in [9.17, 15) is 8.42 Å². The van der Waals surface area contributed by atoms with E-state index in [-0.39, 0.29) is 11.2 Å². The van der Waals surface area contributed by atoms with Crippen molar-refractivity contribution in [1.82, 2.24) is 0 Å². The maximum atomic E-state index is 12.4. The molecule has 3 atom stereocenters. The van der Waals surface area contributed by atoms with Crippen LogP contribution in [0.25, 0.3) is 0 Å². The highest BCUT2D eigenvalue weighted by Gasteiger charge is 2.32. The number of hydrogen-bond donors (Lipinski definition) is 0. The molecule has 0 N–H and O–H groups in total. The normalized spacial score (nSPS) is 28.3. The Kier molecular flexibility index (Phi) is 5.97. The first-order valence-corrected chi connectivity index (χ1v) is 9.48. The predicted molar refractivity (Wildman–Crippen MR) is 77.3 cm³/mol. The van der Waals surface area contributed by atoms with E-state index in [1.165, 1.54) is 6.42 Å². The molecular formula is C13H25BrO2S. The molecule has 4 heteroatoms. The van der Waals surface area contributed by atoms with Crippen LogP contribution in [-0.2, 0) is 9.84 Å². The molecule has 2 nitrogen and oxygen atoms in total. The first kappa shape index (κ1) is 15.5. The number of alkyl halides is 1. The van der Waals surface area contributed by atoms with Crippen LogP contribution in [0.3, 0.4) is 0 Å². The highest BCUT2D eigenvalue weighted by atomic mass is 79.9. The summed E-state index contributed by atoms with van der Waals surface area (Å²) in [6.45, 7) is 6.38. The Hall–Kier alpha value is 0.430. The Morgan fingerprint density at radius 3 is 2.41 bits per heavy atom. The second kappa shape index (κ2) is 6.55. The number of rotatable bonds is 5. The molecule has 0 aliphatic heterocycles. The van der Waals surface area contributed by atoms with Gasteiger partial charge in [-0.2, -0.15) is 0 Å². The van der Waals surface area contributed by atoms with Crippen molar-refractivity contribution in [3.8, 4) is 0 Å². The van der Waals surface area contributed by atoms with Crippen molar-refractivity contribution in [3.05, 3.63) is 0 Å². The van der Waals surface area contributed by atoms with Crippen LogP contribution in [0.5, 0.6) is 0 Å². The van der Waals surface area contributed by atoms with Gasteiger partial charge in [0.25, 0.3) is 0 Å². The highest BCUT2D eigenvalue weighted by Crippen LogP contribution is 2.30. The number of halogens is 1. The van der Waals surface area contributed by atoms with Crippen molar-refractivity contribution >= 4 is 25.8 Å². The van der Waals surface area contributed by atoms with Crippen LogP contribution in [0.15, 0.2) is 0 Å². The van der Waals surface area contributed by atoms with E-state index in [1.807, 2.05) is 0 Å². The van der Waals surface area contributed by atoms with E-state index < -0.39 is 9.84 Å². The minimum absolute atomic E-state index is 0.0773. The second-order valence-electron chi connectivity index (χ2n) is 5.88. The van der Waals surface area contributed by atoms with Gasteiger partial charge in [0.2, 0.25) is 0 Å². The number of hydrogen-bond acceptors (Lipinski definition) is 2. The SMILES string of the molecule is CC1CCCC(S(=O)(=O)CC(CBr)C(C)C)C1. The van der Waals surface area contributed by atoms with Gasteiger partial charge in [-0.15, -0.1) is 0 Å². The van der Waals surface area contributed by atoms with Crippen molar-refractivity contribution < 1.29 is 8.42 Å². The van der Waals surface area contributed by atoms with Crippen molar-refractivity contribution in [2.24, 2.45) is 17.8 Å². The fourth-order valence-electron chi connectivity index (χ4n) is 2.55. The summed E-state index contributed by atoms with van der Waals surface area (Å²) in [4.78, 5) is 0. The zero-order valence-corrected chi connectivity index (χ0v) is 13.6. The lowest BCUT2D eigenvalue weighted by molar-refractivity contribution is 0.378. The van der Waals surface area contributed by atoms with Crippen LogP contribution in [0.2, 0.25) is 0 Å². The zero-order valence-electron chi connectivity index (χ0n) is 11.2. The number of sulfone groups is 1. The lowest BCUT2D eigenvalue weighted by atomic mass is 9.90. The van der Waals surface area contributed by atoms with Gasteiger partial charge in [-0.05, 0) is 30.6 Å². The molecule has 0 bridgehead atoms. The first-order chi connectivity index (χ1) is 7.86. The molecule has 0 aromatic heterocycles. The smallest absolute Gasteiger partial charge is 0.153 e. The monoisotopic (exact) mass is 324 g/mol. The average Bonchev–Trinajstić information content (AvgIpc) is 2.25. The quantitative estimate of drug-likeness (QED) is 0.723. The largest absolute Gasteiger partial charge is 0.229 e. The van der Waals surface area contributed by atoms with Gasteiger partial charge < -0.3 is 0 Å². The van der Waals surface area contributed by atoms with E-state index in [1.54, 1.807) is 0 Å². The molecule has 1 aliphatic rings. The topological polar surface area (TPSA) is 34.1 Å². The van der Waals surface area contributed by atoms with Crippen LogP contribution in [0.4, 0.5) is 0 Å². The Morgan fingerprint density at radius 1 is 1.29 bits per heavy atom. The van der Waals surface area contributed by atoms with Crippen molar-refractivity contribution in [2.45, 2.75) is 51.7 Å². The van der Waals surface area contributed by atoms with Crippen molar-refractivity contribution in [2.75, 3.05) is 11.1 Å². The molecule has 0 spiro atoms. The third-order valence-corrected chi connectivity index (χ3v) is 7.15. The molecule has 0 aromatic rings. The molecule has 17 heavy (non-hydrogen) atoms. The summed E-state index contributed by atoms with van der Waals surface area (Å²) in [5.41, 5.74) is 0. The minimum atomic E-state index is -2.90. The Balaban J connectivity index is 2.67. The average molecular weight is 325 g/mol. The van der Waals surface area contributed by atoms with Gasteiger partial charge in [-0.3, -0.25) is 0 Å². The molecular weight excluding hydrogens is 300 g/mol. The van der Waals surface area contributed by atoms with Gasteiger partial charge in [0, 0.05) is 5.33 Å². The maximum absolute atomic E-state index is 12.4. The highest BCUT2D eigenvalue weighted by molar-refractivity contribution is 9.09. The zero-order chi connectivity index (χ0) is 13.1. The van der Waals surface area contributed by atoms with Gasteiger partial charge >= 0.3 is 0 Å². The maximum Gasteiger partial charge on any atom is 0.153 e. The molecule has 0 aromatic carbocycles. The first-order valence-electron chi connectivity index (χ1n) is 6.64. The van der Waals surface area contributed by atoms with E-state index in [0.29, 0.717) is 17.6 Å². The lowest BCUT2D eigenvalue weighted by Crippen LogP contribution is -2.33. The fraction of sp³-hybridized carbons (Fsp3) is 1.00. The Bertz CT molecular complexity index is 324. The molecule has 1 rings (SSSR count). The van der Waals surface area contributed by atoms with Crippen LogP contribution in [0.1, 0.15) is 46.5 Å². The van der Waals surface area contributed by atoms with E-state index in [2.05, 4.69) is 36.7 Å². The van der Waals surface area contributed by atoms with E-state index >= 15 is 0 Å². The van der Waals surface area contributed by atoms with Crippen LogP contribution in [-0.4, -0.2) is 24.8 Å². The van der Waals surface area contributed by atoms with Gasteiger partial charge in [0.1, 0.15) is 0 Å². The Morgan fingerprint density at radius 2 is 1.94 bits per heavy atom. The summed E-state index contributed by atoms with van der Waals surface area (Å²) in [6.07, 6.45) is 4.01. The van der Waals surface area contributed by atoms with Crippen LogP contribution >= 0.6 is 15.9 Å². The van der Waals surface area contributed by atoms with E-state index in [4.69, 9.17) is 0 Å². The molecule has 1 saturated carbocycles. The lowest BCUT2D eigenvalue weighted by Gasteiger charge is -2.28. The van der Waals surface area contributed by atoms with Gasteiger partial charge in [0.15, 0.2) is 9.84 Å². The summed E-state index contributed by atoms with van der Waals surface area (Å²) in [7, 11) is -2.90. The van der Waals surface area contributed by atoms with E-state index in [0.717, 1.165) is 24.6 Å². The summed E-state index contributed by atoms with van der Waals surface area (Å²) in [5, 5.41) is 0.707. The minimum Gasteiger partial charge on any atom is -0.229 e. The molecule has 102 valence electrons. The van der Waals surface area contributed by atoms with Crippen LogP contribution < -0.4 is 0 Å². The summed E-state index contributed by atoms with van der Waals surface area (Å²) in [6, 6.07) is 0. The predicted octanol–water partition coefficient (Wildman–Crippen LogP) is 3.65. The summed E-state index contributed by atoms with van der Waals surface area (Å²) >= 11 is 3.44. The Labute approximate surface area is 115 Å².